The summed E-state index contributed by atoms with van der Waals surface area (Å²) in [5, 5.41) is 16.7. The summed E-state index contributed by atoms with van der Waals surface area (Å²) in [6.07, 6.45) is 3.28. The van der Waals surface area contributed by atoms with E-state index in [2.05, 4.69) is 20.5 Å². The van der Waals surface area contributed by atoms with Gasteiger partial charge in [0.25, 0.3) is 0 Å². The zero-order valence-electron chi connectivity index (χ0n) is 16.5. The fourth-order valence-corrected chi connectivity index (χ4v) is 3.13. The van der Waals surface area contributed by atoms with E-state index in [-0.39, 0.29) is 29.7 Å². The van der Waals surface area contributed by atoms with E-state index in [9.17, 15) is 5.11 Å². The zero-order chi connectivity index (χ0) is 18.8. The van der Waals surface area contributed by atoms with Gasteiger partial charge < -0.3 is 30.1 Å². The predicted octanol–water partition coefficient (Wildman–Crippen LogP) is 2.18. The van der Waals surface area contributed by atoms with Crippen molar-refractivity contribution in [1.82, 2.24) is 15.5 Å². The molecule has 0 aliphatic carbocycles. The number of benzene rings is 1. The highest BCUT2D eigenvalue weighted by atomic mass is 127. The number of nitrogens with zero attached hydrogens (tertiary/aromatic N) is 2. The second-order valence-electron chi connectivity index (χ2n) is 6.53. The van der Waals surface area contributed by atoms with Crippen molar-refractivity contribution in [2.45, 2.75) is 31.8 Å². The summed E-state index contributed by atoms with van der Waals surface area (Å²) >= 11 is 0. The van der Waals surface area contributed by atoms with Crippen molar-refractivity contribution in [3.8, 4) is 11.5 Å². The Bertz CT molecular complexity index is 578. The van der Waals surface area contributed by atoms with E-state index in [4.69, 9.17) is 9.47 Å². The second kappa shape index (κ2) is 13.0. The predicted molar refractivity (Wildman–Crippen MR) is 119 cm³/mol. The summed E-state index contributed by atoms with van der Waals surface area (Å²) in [6.45, 7) is 4.59. The quantitative estimate of drug-likeness (QED) is 0.224. The van der Waals surface area contributed by atoms with E-state index >= 15 is 0 Å². The van der Waals surface area contributed by atoms with Gasteiger partial charge in [-0.1, -0.05) is 0 Å². The molecule has 0 spiro atoms. The molecule has 0 radical (unpaired) electrons. The van der Waals surface area contributed by atoms with Gasteiger partial charge in [-0.2, -0.15) is 0 Å². The molecule has 0 atom stereocenters. The molecule has 8 heteroatoms. The molecule has 1 aromatic carbocycles. The Morgan fingerprint density at radius 3 is 2.67 bits per heavy atom. The van der Waals surface area contributed by atoms with E-state index in [1.54, 1.807) is 33.4 Å². The molecule has 1 saturated heterocycles. The molecule has 0 saturated carbocycles. The number of methoxy groups -OCH3 is 2. The Balaban J connectivity index is 0.00000364. The van der Waals surface area contributed by atoms with Gasteiger partial charge in [0, 0.05) is 58.5 Å². The van der Waals surface area contributed by atoms with E-state index in [0.717, 1.165) is 62.8 Å². The van der Waals surface area contributed by atoms with Crippen molar-refractivity contribution >= 4 is 29.9 Å². The minimum atomic E-state index is 0. The number of likely N-dealkylation sites (tertiary alicyclic amines) is 1. The average molecular weight is 492 g/mol. The number of piperidine rings is 1. The highest BCUT2D eigenvalue weighted by Crippen LogP contribution is 2.22. The first-order chi connectivity index (χ1) is 12.7. The third kappa shape index (κ3) is 8.10. The zero-order valence-corrected chi connectivity index (χ0v) is 18.9. The highest BCUT2D eigenvalue weighted by molar-refractivity contribution is 14.0. The maximum atomic E-state index is 9.99. The maximum Gasteiger partial charge on any atom is 0.191 e. The number of phenolic OH excluding ortho intramolecular Hbond substituents is 1. The number of hydrogen-bond donors (Lipinski definition) is 3. The molecular formula is C19H33IN4O3. The molecule has 7 nitrogen and oxygen atoms in total. The van der Waals surface area contributed by atoms with Crippen molar-refractivity contribution in [3.05, 3.63) is 23.8 Å². The normalized spacial score (nSPS) is 15.9. The van der Waals surface area contributed by atoms with Crippen LogP contribution in [0, 0.1) is 0 Å². The number of halogens is 1. The fourth-order valence-electron chi connectivity index (χ4n) is 3.13. The van der Waals surface area contributed by atoms with Crippen LogP contribution in [-0.4, -0.2) is 69.5 Å². The summed E-state index contributed by atoms with van der Waals surface area (Å²) in [7, 11) is 5.13. The Hall–Kier alpha value is -1.26. The van der Waals surface area contributed by atoms with Crippen LogP contribution in [0.4, 0.5) is 0 Å². The first kappa shape index (κ1) is 23.8. The van der Waals surface area contributed by atoms with Crippen LogP contribution < -0.4 is 15.4 Å². The standard InChI is InChI=1S/C19H32N4O3.HI/c1-20-19(21-14-15-13-17(26-3)5-6-18(15)24)22-16-7-10-23(11-8-16)9-4-12-25-2;/h5-6,13,16,24H,4,7-12,14H2,1-3H3,(H2,20,21,22);1H. The van der Waals surface area contributed by atoms with Gasteiger partial charge in [-0.15, -0.1) is 24.0 Å². The molecule has 154 valence electrons. The number of aromatic hydroxyl groups is 1. The van der Waals surface area contributed by atoms with Crippen LogP contribution >= 0.6 is 24.0 Å². The lowest BCUT2D eigenvalue weighted by Crippen LogP contribution is -2.48. The molecular weight excluding hydrogens is 459 g/mol. The lowest BCUT2D eigenvalue weighted by molar-refractivity contribution is 0.155. The third-order valence-electron chi connectivity index (χ3n) is 4.71. The number of hydrogen-bond acceptors (Lipinski definition) is 5. The SMILES string of the molecule is CN=C(NCc1cc(OC)ccc1O)NC1CCN(CCCOC)CC1.I. The van der Waals surface area contributed by atoms with E-state index in [0.29, 0.717) is 12.6 Å². The van der Waals surface area contributed by atoms with Gasteiger partial charge in [-0.25, -0.2) is 0 Å². The molecule has 2 rings (SSSR count). The minimum absolute atomic E-state index is 0. The minimum Gasteiger partial charge on any atom is -0.508 e. The van der Waals surface area contributed by atoms with Crippen LogP contribution in [-0.2, 0) is 11.3 Å². The largest absolute Gasteiger partial charge is 0.508 e. The Kier molecular flexibility index (Phi) is 11.5. The molecule has 0 amide bonds. The van der Waals surface area contributed by atoms with Crippen molar-refractivity contribution in [2.75, 3.05) is 47.5 Å². The van der Waals surface area contributed by atoms with Crippen molar-refractivity contribution in [3.63, 3.8) is 0 Å². The van der Waals surface area contributed by atoms with Gasteiger partial charge in [0.15, 0.2) is 5.96 Å². The molecule has 27 heavy (non-hydrogen) atoms. The molecule has 1 fully saturated rings. The van der Waals surface area contributed by atoms with E-state index < -0.39 is 0 Å². The highest BCUT2D eigenvalue weighted by Gasteiger charge is 2.19. The Morgan fingerprint density at radius 1 is 1.30 bits per heavy atom. The number of guanidine groups is 1. The van der Waals surface area contributed by atoms with E-state index in [1.165, 1.54) is 0 Å². The molecule has 0 unspecified atom stereocenters. The number of nitrogens with one attached hydrogen (secondary N) is 2. The van der Waals surface area contributed by atoms with Crippen LogP contribution in [0.25, 0.3) is 0 Å². The summed E-state index contributed by atoms with van der Waals surface area (Å²) in [5.41, 5.74) is 0.778. The molecule has 0 bridgehead atoms. The number of rotatable bonds is 8. The lowest BCUT2D eigenvalue weighted by Gasteiger charge is -2.33. The maximum absolute atomic E-state index is 9.99. The van der Waals surface area contributed by atoms with Crippen LogP contribution in [0.1, 0.15) is 24.8 Å². The molecule has 1 aliphatic rings. The van der Waals surface area contributed by atoms with Gasteiger partial charge in [0.2, 0.25) is 0 Å². The summed E-state index contributed by atoms with van der Waals surface area (Å²) < 4.78 is 10.3. The topological polar surface area (TPSA) is 78.4 Å². The first-order valence-electron chi connectivity index (χ1n) is 9.20. The van der Waals surface area contributed by atoms with Crippen LogP contribution in [0.5, 0.6) is 11.5 Å². The second-order valence-corrected chi connectivity index (χ2v) is 6.53. The van der Waals surface area contributed by atoms with Crippen LogP contribution in [0.3, 0.4) is 0 Å². The molecule has 1 aliphatic heterocycles. The van der Waals surface area contributed by atoms with Gasteiger partial charge in [-0.3, -0.25) is 4.99 Å². The molecule has 0 aromatic heterocycles. The van der Waals surface area contributed by atoms with Crippen molar-refractivity contribution < 1.29 is 14.6 Å². The fraction of sp³-hybridized carbons (Fsp3) is 0.632. The average Bonchev–Trinajstić information content (AvgIpc) is 2.67. The van der Waals surface area contributed by atoms with Gasteiger partial charge in [-0.05, 0) is 37.5 Å². The van der Waals surface area contributed by atoms with Gasteiger partial charge >= 0.3 is 0 Å². The first-order valence-corrected chi connectivity index (χ1v) is 9.20. The van der Waals surface area contributed by atoms with Crippen molar-refractivity contribution in [2.24, 2.45) is 4.99 Å². The lowest BCUT2D eigenvalue weighted by atomic mass is 10.1. The summed E-state index contributed by atoms with van der Waals surface area (Å²) in [5.74, 6) is 1.73. The van der Waals surface area contributed by atoms with E-state index in [1.807, 2.05) is 6.07 Å². The molecule has 1 heterocycles. The molecule has 3 N–H and O–H groups in total. The number of phenols is 1. The van der Waals surface area contributed by atoms with Crippen molar-refractivity contribution in [1.29, 1.82) is 0 Å². The van der Waals surface area contributed by atoms with Gasteiger partial charge in [0.05, 0.1) is 7.11 Å². The smallest absolute Gasteiger partial charge is 0.191 e. The van der Waals surface area contributed by atoms with Crippen LogP contribution in [0.2, 0.25) is 0 Å². The monoisotopic (exact) mass is 492 g/mol. The Labute approximate surface area is 179 Å². The number of aliphatic imine (C=N–C) groups is 1. The Morgan fingerprint density at radius 2 is 2.04 bits per heavy atom. The summed E-state index contributed by atoms with van der Waals surface area (Å²) in [6, 6.07) is 5.63. The third-order valence-corrected chi connectivity index (χ3v) is 4.71. The number of ether oxygens (including phenoxy) is 2. The molecule has 1 aromatic rings. The van der Waals surface area contributed by atoms with Crippen LogP contribution in [0.15, 0.2) is 23.2 Å². The summed E-state index contributed by atoms with van der Waals surface area (Å²) in [4.78, 5) is 6.79. The van der Waals surface area contributed by atoms with Gasteiger partial charge in [0.1, 0.15) is 11.5 Å².